The molecule has 0 atom stereocenters. The average Bonchev–Trinajstić information content (AvgIpc) is 2.75. The molecule has 3 aromatic rings. The van der Waals surface area contributed by atoms with Crippen molar-refractivity contribution >= 4 is 37.6 Å². The maximum absolute atomic E-state index is 12.6. The first-order chi connectivity index (χ1) is 14.0. The van der Waals surface area contributed by atoms with Crippen LogP contribution in [0.3, 0.4) is 0 Å². The van der Waals surface area contributed by atoms with Crippen molar-refractivity contribution in [2.75, 3.05) is 6.54 Å². The van der Waals surface area contributed by atoms with Crippen LogP contribution in [-0.2, 0) is 10.0 Å². The van der Waals surface area contributed by atoms with E-state index >= 15 is 0 Å². The summed E-state index contributed by atoms with van der Waals surface area (Å²) < 4.78 is 28.4. The van der Waals surface area contributed by atoms with E-state index in [1.54, 1.807) is 48.5 Å². The summed E-state index contributed by atoms with van der Waals surface area (Å²) in [6, 6.07) is 18.4. The van der Waals surface area contributed by atoms with E-state index < -0.39 is 15.9 Å². The molecule has 0 spiro atoms. The quantitative estimate of drug-likeness (QED) is 0.407. The lowest BCUT2D eigenvalue weighted by Gasteiger charge is -2.10. The molecule has 0 aliphatic carbocycles. The second-order valence-corrected chi connectivity index (χ2v) is 8.56. The second-order valence-electron chi connectivity index (χ2n) is 5.88. The minimum atomic E-state index is -3.74. The fraction of sp³-hybridized carbons (Fsp3) is 0.0500. The van der Waals surface area contributed by atoms with E-state index in [-0.39, 0.29) is 11.4 Å². The molecule has 0 unspecified atom stereocenters. The van der Waals surface area contributed by atoms with E-state index in [0.717, 1.165) is 4.47 Å². The average molecular weight is 473 g/mol. The highest BCUT2D eigenvalue weighted by molar-refractivity contribution is 9.10. The third-order valence-electron chi connectivity index (χ3n) is 3.90. The maximum Gasteiger partial charge on any atom is 0.271 e. The molecule has 1 heterocycles. The van der Waals surface area contributed by atoms with E-state index in [2.05, 4.69) is 36.2 Å². The molecule has 0 aliphatic heterocycles. The van der Waals surface area contributed by atoms with Crippen molar-refractivity contribution in [2.24, 2.45) is 5.10 Å². The van der Waals surface area contributed by atoms with E-state index in [0.29, 0.717) is 16.8 Å². The first-order valence-corrected chi connectivity index (χ1v) is 10.8. The first kappa shape index (κ1) is 20.8. The molecule has 0 aliphatic rings. The third-order valence-corrected chi connectivity index (χ3v) is 5.84. The number of pyridine rings is 1. The smallest absolute Gasteiger partial charge is 0.267 e. The Balaban J connectivity index is 1.79. The number of hydrogen-bond acceptors (Lipinski definition) is 5. The van der Waals surface area contributed by atoms with Crippen molar-refractivity contribution in [3.05, 3.63) is 94.7 Å². The Morgan fingerprint density at radius 1 is 0.931 bits per heavy atom. The van der Waals surface area contributed by atoms with Gasteiger partial charge >= 0.3 is 0 Å². The number of nitrogens with zero attached hydrogens (tertiary/aromatic N) is 2. The van der Waals surface area contributed by atoms with Crippen LogP contribution in [0, 0.1) is 0 Å². The van der Waals surface area contributed by atoms with Crippen LogP contribution in [-0.4, -0.2) is 31.6 Å². The predicted molar refractivity (Wildman–Crippen MR) is 114 cm³/mol. The summed E-state index contributed by atoms with van der Waals surface area (Å²) in [7, 11) is -3.74. The molecule has 0 saturated carbocycles. The molecule has 0 bridgehead atoms. The Hall–Kier alpha value is -2.88. The van der Waals surface area contributed by atoms with Gasteiger partial charge in [-0.15, -0.1) is 0 Å². The SMILES string of the molecule is O=C(NN=C(CNS(=O)(=O)c1ccc(Br)cc1)c1ccccc1)c1ccncc1. The number of halogens is 1. The number of aromatic nitrogens is 1. The van der Waals surface area contributed by atoms with Crippen LogP contribution in [0.1, 0.15) is 15.9 Å². The fourth-order valence-electron chi connectivity index (χ4n) is 2.38. The Labute approximate surface area is 177 Å². The van der Waals surface area contributed by atoms with Crippen molar-refractivity contribution in [1.82, 2.24) is 15.1 Å². The highest BCUT2D eigenvalue weighted by atomic mass is 79.9. The largest absolute Gasteiger partial charge is 0.271 e. The minimum Gasteiger partial charge on any atom is -0.267 e. The molecular weight excluding hydrogens is 456 g/mol. The van der Waals surface area contributed by atoms with Crippen molar-refractivity contribution in [3.63, 3.8) is 0 Å². The van der Waals surface area contributed by atoms with Crippen LogP contribution in [0.25, 0.3) is 0 Å². The van der Waals surface area contributed by atoms with Crippen molar-refractivity contribution in [3.8, 4) is 0 Å². The Bertz CT molecular complexity index is 1100. The van der Waals surface area contributed by atoms with Crippen LogP contribution in [0.5, 0.6) is 0 Å². The van der Waals surface area contributed by atoms with Crippen molar-refractivity contribution in [2.45, 2.75) is 4.90 Å². The number of carbonyl (C=O) groups excluding carboxylic acids is 1. The molecule has 0 radical (unpaired) electrons. The first-order valence-electron chi connectivity index (χ1n) is 8.53. The molecule has 3 rings (SSSR count). The summed E-state index contributed by atoms with van der Waals surface area (Å²) in [5.41, 5.74) is 3.91. The molecule has 148 valence electrons. The van der Waals surface area contributed by atoms with Gasteiger partial charge in [0.15, 0.2) is 0 Å². The molecule has 0 saturated heterocycles. The molecule has 2 N–H and O–H groups in total. The zero-order chi connectivity index (χ0) is 20.7. The van der Waals surface area contributed by atoms with Crippen LogP contribution in [0.15, 0.2) is 93.6 Å². The lowest BCUT2D eigenvalue weighted by molar-refractivity contribution is 0.0954. The van der Waals surface area contributed by atoms with E-state index in [1.165, 1.54) is 24.5 Å². The number of benzene rings is 2. The van der Waals surface area contributed by atoms with Gasteiger partial charge in [-0.1, -0.05) is 46.3 Å². The van der Waals surface area contributed by atoms with Gasteiger partial charge in [0.05, 0.1) is 17.2 Å². The van der Waals surface area contributed by atoms with E-state index in [1.807, 2.05) is 6.07 Å². The van der Waals surface area contributed by atoms with Gasteiger partial charge in [0, 0.05) is 22.4 Å². The zero-order valence-electron chi connectivity index (χ0n) is 15.1. The van der Waals surface area contributed by atoms with Gasteiger partial charge in [0.1, 0.15) is 0 Å². The Morgan fingerprint density at radius 3 is 2.24 bits per heavy atom. The molecule has 0 fully saturated rings. The lowest BCUT2D eigenvalue weighted by Crippen LogP contribution is -2.32. The van der Waals surface area contributed by atoms with Crippen LogP contribution in [0.4, 0.5) is 0 Å². The number of carbonyl (C=O) groups is 1. The van der Waals surface area contributed by atoms with Gasteiger partial charge in [-0.25, -0.2) is 18.6 Å². The van der Waals surface area contributed by atoms with Crippen LogP contribution < -0.4 is 10.1 Å². The van der Waals surface area contributed by atoms with E-state index in [9.17, 15) is 13.2 Å². The summed E-state index contributed by atoms with van der Waals surface area (Å²) in [5, 5.41) is 4.14. The summed E-state index contributed by atoms with van der Waals surface area (Å²) >= 11 is 3.28. The van der Waals surface area contributed by atoms with E-state index in [4.69, 9.17) is 0 Å². The monoisotopic (exact) mass is 472 g/mol. The number of amides is 1. The second kappa shape index (κ2) is 9.55. The van der Waals surface area contributed by atoms with Gasteiger partial charge < -0.3 is 0 Å². The fourth-order valence-corrected chi connectivity index (χ4v) is 3.64. The topological polar surface area (TPSA) is 101 Å². The van der Waals surface area contributed by atoms with Crippen molar-refractivity contribution < 1.29 is 13.2 Å². The van der Waals surface area contributed by atoms with Crippen LogP contribution in [0.2, 0.25) is 0 Å². The zero-order valence-corrected chi connectivity index (χ0v) is 17.5. The highest BCUT2D eigenvalue weighted by Gasteiger charge is 2.16. The number of hydrogen-bond donors (Lipinski definition) is 2. The molecule has 9 heteroatoms. The summed E-state index contributed by atoms with van der Waals surface area (Å²) in [6.07, 6.45) is 3.01. The summed E-state index contributed by atoms with van der Waals surface area (Å²) in [6.45, 7) is -0.0982. The van der Waals surface area contributed by atoms with Crippen LogP contribution >= 0.6 is 15.9 Å². The molecule has 2 aromatic carbocycles. The van der Waals surface area contributed by atoms with Gasteiger partial charge in [0.2, 0.25) is 10.0 Å². The number of hydrazone groups is 1. The summed E-state index contributed by atoms with van der Waals surface area (Å²) in [5.74, 6) is -0.420. The molecular formula is C20H17BrN4O3S. The number of nitrogens with one attached hydrogen (secondary N) is 2. The third kappa shape index (κ3) is 5.80. The molecule has 29 heavy (non-hydrogen) atoms. The molecule has 1 aromatic heterocycles. The Kier molecular flexibility index (Phi) is 6.86. The molecule has 7 nitrogen and oxygen atoms in total. The van der Waals surface area contributed by atoms with Gasteiger partial charge in [-0.2, -0.15) is 5.10 Å². The Morgan fingerprint density at radius 2 is 1.59 bits per heavy atom. The standard InChI is InChI=1S/C20H17BrN4O3S/c21-17-6-8-18(9-7-17)29(27,28)23-14-19(15-4-2-1-3-5-15)24-25-20(26)16-10-12-22-13-11-16/h1-13,23H,14H2,(H,25,26). The number of sulfonamides is 1. The number of rotatable bonds is 7. The normalized spacial score (nSPS) is 11.8. The van der Waals surface area contributed by atoms with Gasteiger partial charge in [0.25, 0.3) is 5.91 Å². The summed E-state index contributed by atoms with van der Waals surface area (Å²) in [4.78, 5) is 16.2. The highest BCUT2D eigenvalue weighted by Crippen LogP contribution is 2.14. The lowest BCUT2D eigenvalue weighted by atomic mass is 10.1. The van der Waals surface area contributed by atoms with Crippen molar-refractivity contribution in [1.29, 1.82) is 0 Å². The predicted octanol–water partition coefficient (Wildman–Crippen LogP) is 2.96. The molecule has 1 amide bonds. The maximum atomic E-state index is 12.6. The van der Waals surface area contributed by atoms with Gasteiger partial charge in [-0.3, -0.25) is 9.78 Å². The minimum absolute atomic E-state index is 0.0982. The van der Waals surface area contributed by atoms with Gasteiger partial charge in [-0.05, 0) is 42.0 Å².